The molecule has 0 saturated carbocycles. The van der Waals surface area contributed by atoms with E-state index in [9.17, 15) is 18.0 Å². The number of alkyl halides is 3. The molecule has 0 spiro atoms. The zero-order chi connectivity index (χ0) is 13.1. The maximum atomic E-state index is 12.4. The lowest BCUT2D eigenvalue weighted by atomic mass is 10.1. The van der Waals surface area contributed by atoms with E-state index >= 15 is 0 Å². The van der Waals surface area contributed by atoms with Gasteiger partial charge in [-0.2, -0.15) is 13.2 Å². The number of carboxylic acids is 1. The molecule has 0 aliphatic carbocycles. The zero-order valence-corrected chi connectivity index (χ0v) is 9.04. The minimum atomic E-state index is -4.49. The Labute approximate surface area is 95.8 Å². The molecule has 1 rings (SSSR count). The lowest BCUT2D eigenvalue weighted by Gasteiger charge is -2.12. The van der Waals surface area contributed by atoms with Crippen LogP contribution in [0.3, 0.4) is 0 Å². The van der Waals surface area contributed by atoms with Crippen molar-refractivity contribution < 1.29 is 27.8 Å². The van der Waals surface area contributed by atoms with E-state index in [1.165, 1.54) is 0 Å². The van der Waals surface area contributed by atoms with Crippen molar-refractivity contribution >= 4 is 5.97 Å². The lowest BCUT2D eigenvalue weighted by molar-refractivity contribution is -0.138. The molecule has 0 atom stereocenters. The van der Waals surface area contributed by atoms with Gasteiger partial charge in [0.1, 0.15) is 5.75 Å². The van der Waals surface area contributed by atoms with E-state index in [2.05, 4.69) is 0 Å². The van der Waals surface area contributed by atoms with E-state index in [1.54, 1.807) is 6.92 Å². The fourth-order valence-electron chi connectivity index (χ4n) is 1.35. The summed E-state index contributed by atoms with van der Waals surface area (Å²) in [6.45, 7) is 1.93. The van der Waals surface area contributed by atoms with Crippen LogP contribution in [0, 0.1) is 0 Å². The van der Waals surface area contributed by atoms with Gasteiger partial charge < -0.3 is 9.84 Å². The highest BCUT2D eigenvalue weighted by atomic mass is 19.4. The standard InChI is InChI=1S/C11H11F3O3/c1-2-17-9-4-3-8(11(12,13)14)5-7(9)6-10(15)16/h3-5H,2,6H2,1H3,(H,15,16). The molecule has 94 valence electrons. The van der Waals surface area contributed by atoms with Crippen LogP contribution in [0.2, 0.25) is 0 Å². The summed E-state index contributed by atoms with van der Waals surface area (Å²) < 4.78 is 42.4. The summed E-state index contributed by atoms with van der Waals surface area (Å²) in [4.78, 5) is 10.5. The van der Waals surface area contributed by atoms with Crippen LogP contribution in [-0.4, -0.2) is 17.7 Å². The zero-order valence-electron chi connectivity index (χ0n) is 9.04. The van der Waals surface area contributed by atoms with Crippen LogP contribution in [0.5, 0.6) is 5.75 Å². The molecule has 1 aromatic carbocycles. The molecule has 17 heavy (non-hydrogen) atoms. The van der Waals surface area contributed by atoms with E-state index in [1.807, 2.05) is 0 Å². The molecule has 0 aliphatic heterocycles. The number of hydrogen-bond acceptors (Lipinski definition) is 2. The molecule has 0 aliphatic rings. The number of benzene rings is 1. The number of halogens is 3. The molecule has 0 radical (unpaired) electrons. The highest BCUT2D eigenvalue weighted by Gasteiger charge is 2.31. The predicted octanol–water partition coefficient (Wildman–Crippen LogP) is 2.73. The quantitative estimate of drug-likeness (QED) is 0.891. The molecule has 0 saturated heterocycles. The SMILES string of the molecule is CCOc1ccc(C(F)(F)F)cc1CC(=O)O. The topological polar surface area (TPSA) is 46.5 Å². The minimum Gasteiger partial charge on any atom is -0.494 e. The predicted molar refractivity (Wildman–Crippen MR) is 54.0 cm³/mol. The second kappa shape index (κ2) is 5.07. The van der Waals surface area contributed by atoms with Gasteiger partial charge in [0.25, 0.3) is 0 Å². The Kier molecular flexibility index (Phi) is 3.98. The minimum absolute atomic E-state index is 0.0224. The lowest BCUT2D eigenvalue weighted by Crippen LogP contribution is -2.09. The molecule has 0 fully saturated rings. The van der Waals surface area contributed by atoms with Crippen LogP contribution < -0.4 is 4.74 Å². The fraction of sp³-hybridized carbons (Fsp3) is 0.364. The van der Waals surface area contributed by atoms with E-state index in [4.69, 9.17) is 9.84 Å². The Morgan fingerprint density at radius 2 is 2.06 bits per heavy atom. The maximum Gasteiger partial charge on any atom is 0.416 e. The third-order valence-electron chi connectivity index (χ3n) is 2.03. The first-order valence-corrected chi connectivity index (χ1v) is 4.89. The first-order valence-electron chi connectivity index (χ1n) is 4.89. The van der Waals surface area contributed by atoms with E-state index in [0.29, 0.717) is 0 Å². The molecule has 3 nitrogen and oxygen atoms in total. The van der Waals surface area contributed by atoms with Gasteiger partial charge in [-0.05, 0) is 25.1 Å². The summed E-state index contributed by atoms with van der Waals surface area (Å²) in [7, 11) is 0. The molecule has 1 aromatic rings. The second-order valence-corrected chi connectivity index (χ2v) is 3.32. The second-order valence-electron chi connectivity index (χ2n) is 3.32. The van der Waals surface area contributed by atoms with Gasteiger partial charge in [0.2, 0.25) is 0 Å². The average Bonchev–Trinajstić information content (AvgIpc) is 2.18. The highest BCUT2D eigenvalue weighted by molar-refractivity contribution is 5.71. The summed E-state index contributed by atoms with van der Waals surface area (Å²) in [5.41, 5.74) is -0.855. The summed E-state index contributed by atoms with van der Waals surface area (Å²) >= 11 is 0. The maximum absolute atomic E-state index is 12.4. The summed E-state index contributed by atoms with van der Waals surface area (Å²) in [6.07, 6.45) is -4.99. The molecular weight excluding hydrogens is 237 g/mol. The van der Waals surface area contributed by atoms with Crippen molar-refractivity contribution in [2.45, 2.75) is 19.5 Å². The number of rotatable bonds is 4. The molecular formula is C11H11F3O3. The molecule has 0 bridgehead atoms. The number of hydrogen-bond donors (Lipinski definition) is 1. The van der Waals surface area contributed by atoms with Crippen molar-refractivity contribution in [1.29, 1.82) is 0 Å². The van der Waals surface area contributed by atoms with Crippen LogP contribution in [0.25, 0.3) is 0 Å². The van der Waals surface area contributed by atoms with Crippen molar-refractivity contribution in [3.8, 4) is 5.75 Å². The first-order chi connectivity index (χ1) is 7.84. The van der Waals surface area contributed by atoms with Gasteiger partial charge in [0.15, 0.2) is 0 Å². The third kappa shape index (κ3) is 3.65. The monoisotopic (exact) mass is 248 g/mol. The smallest absolute Gasteiger partial charge is 0.416 e. The Bertz CT molecular complexity index is 413. The Hall–Kier alpha value is -1.72. The highest BCUT2D eigenvalue weighted by Crippen LogP contribution is 2.32. The van der Waals surface area contributed by atoms with Crippen LogP contribution in [-0.2, 0) is 17.4 Å². The summed E-state index contributed by atoms with van der Waals surface area (Å²) in [5.74, 6) is -1.03. The fourth-order valence-corrected chi connectivity index (χ4v) is 1.35. The largest absolute Gasteiger partial charge is 0.494 e. The van der Waals surface area contributed by atoms with Crippen LogP contribution in [0.15, 0.2) is 18.2 Å². The van der Waals surface area contributed by atoms with E-state index < -0.39 is 24.1 Å². The normalized spacial score (nSPS) is 11.3. The number of carboxylic acid groups (broad SMARTS) is 1. The summed E-state index contributed by atoms with van der Waals surface area (Å²) in [5, 5.41) is 8.62. The number of carbonyl (C=O) groups is 1. The molecule has 6 heteroatoms. The van der Waals surface area contributed by atoms with Gasteiger partial charge >= 0.3 is 12.1 Å². The van der Waals surface area contributed by atoms with Gasteiger partial charge in [0.05, 0.1) is 18.6 Å². The van der Waals surface area contributed by atoms with Crippen molar-refractivity contribution in [2.75, 3.05) is 6.61 Å². The van der Waals surface area contributed by atoms with E-state index in [-0.39, 0.29) is 17.9 Å². The molecule has 0 unspecified atom stereocenters. The third-order valence-corrected chi connectivity index (χ3v) is 2.03. The van der Waals surface area contributed by atoms with Crippen molar-refractivity contribution in [2.24, 2.45) is 0 Å². The van der Waals surface area contributed by atoms with Crippen LogP contribution >= 0.6 is 0 Å². The van der Waals surface area contributed by atoms with Gasteiger partial charge in [-0.15, -0.1) is 0 Å². The molecule has 0 amide bonds. The summed E-state index contributed by atoms with van der Waals surface area (Å²) in [6, 6.07) is 2.82. The Morgan fingerprint density at radius 1 is 1.41 bits per heavy atom. The van der Waals surface area contributed by atoms with Crippen molar-refractivity contribution in [3.63, 3.8) is 0 Å². The van der Waals surface area contributed by atoms with Crippen LogP contribution in [0.1, 0.15) is 18.1 Å². The molecule has 0 heterocycles. The first kappa shape index (κ1) is 13.3. The Morgan fingerprint density at radius 3 is 2.53 bits per heavy atom. The number of aliphatic carboxylic acids is 1. The number of ether oxygens (including phenoxy) is 1. The Balaban J connectivity index is 3.14. The van der Waals surface area contributed by atoms with E-state index in [0.717, 1.165) is 18.2 Å². The van der Waals surface area contributed by atoms with Crippen molar-refractivity contribution in [1.82, 2.24) is 0 Å². The van der Waals surface area contributed by atoms with Gasteiger partial charge in [-0.1, -0.05) is 0 Å². The van der Waals surface area contributed by atoms with Gasteiger partial charge in [-0.3, -0.25) is 4.79 Å². The van der Waals surface area contributed by atoms with Gasteiger partial charge in [0, 0.05) is 5.56 Å². The molecule has 1 N–H and O–H groups in total. The molecule has 0 aromatic heterocycles. The average molecular weight is 248 g/mol. The van der Waals surface area contributed by atoms with Gasteiger partial charge in [-0.25, -0.2) is 0 Å². The van der Waals surface area contributed by atoms with Crippen molar-refractivity contribution in [3.05, 3.63) is 29.3 Å². The van der Waals surface area contributed by atoms with Crippen LogP contribution in [0.4, 0.5) is 13.2 Å².